The molecule has 0 spiro atoms. The fraction of sp³-hybridized carbons (Fsp3) is 0.467. The van der Waals surface area contributed by atoms with Gasteiger partial charge in [-0.2, -0.15) is 0 Å². The van der Waals surface area contributed by atoms with Crippen LogP contribution in [0, 0.1) is 15.9 Å². The van der Waals surface area contributed by atoms with Crippen molar-refractivity contribution in [3.05, 3.63) is 40.0 Å². The van der Waals surface area contributed by atoms with Crippen LogP contribution in [0.2, 0.25) is 0 Å². The Morgan fingerprint density at radius 3 is 2.74 bits per heavy atom. The maximum absolute atomic E-state index is 14.1. The maximum Gasteiger partial charge on any atom is 0.410 e. The van der Waals surface area contributed by atoms with Crippen LogP contribution in [-0.2, 0) is 4.74 Å². The lowest BCUT2D eigenvalue weighted by atomic mass is 10.1. The second-order valence-corrected chi connectivity index (χ2v) is 6.20. The van der Waals surface area contributed by atoms with Crippen molar-refractivity contribution in [2.24, 2.45) is 0 Å². The molecule has 0 N–H and O–H groups in total. The molecule has 0 fully saturated rings. The number of carbonyl (C=O) groups is 1. The van der Waals surface area contributed by atoms with Crippen LogP contribution >= 0.6 is 0 Å². The third-order valence-corrected chi connectivity index (χ3v) is 3.14. The van der Waals surface area contributed by atoms with E-state index in [1.807, 2.05) is 0 Å². The van der Waals surface area contributed by atoms with Crippen LogP contribution in [0.3, 0.4) is 0 Å². The summed E-state index contributed by atoms with van der Waals surface area (Å²) in [7, 11) is 0. The molecule has 1 aliphatic rings. The molecule has 8 heteroatoms. The highest BCUT2D eigenvalue weighted by atomic mass is 19.1. The minimum atomic E-state index is -0.781. The Labute approximate surface area is 132 Å². The second-order valence-electron chi connectivity index (χ2n) is 6.20. The van der Waals surface area contributed by atoms with Crippen molar-refractivity contribution >= 4 is 17.4 Å². The predicted molar refractivity (Wildman–Crippen MR) is 81.3 cm³/mol. The molecule has 1 aliphatic heterocycles. The van der Waals surface area contributed by atoms with Gasteiger partial charge in [0.15, 0.2) is 5.82 Å². The molecule has 0 radical (unpaired) electrons. The molecule has 2 rings (SSSR count). The van der Waals surface area contributed by atoms with Gasteiger partial charge in [0.25, 0.3) is 5.69 Å². The number of pyridine rings is 1. The summed E-state index contributed by atoms with van der Waals surface area (Å²) in [6, 6.07) is 0.829. The van der Waals surface area contributed by atoms with E-state index in [9.17, 15) is 19.3 Å². The van der Waals surface area contributed by atoms with Crippen LogP contribution in [0.4, 0.5) is 14.9 Å². The standard InChI is InChI=1S/C15H18FN3O4/c1-15(2,3)23-14(20)18-6-4-5-10(9-18)13-12(16)7-11(8-17-13)19(21)22/h5,7-8H,4,6,9H2,1-3H3. The number of amides is 1. The zero-order valence-corrected chi connectivity index (χ0v) is 13.2. The van der Waals surface area contributed by atoms with Gasteiger partial charge in [-0.15, -0.1) is 0 Å². The molecular formula is C15H18FN3O4. The summed E-state index contributed by atoms with van der Waals surface area (Å²) in [6.07, 6.45) is 2.83. The molecule has 124 valence electrons. The van der Waals surface area contributed by atoms with E-state index in [4.69, 9.17) is 4.74 Å². The third-order valence-electron chi connectivity index (χ3n) is 3.14. The SMILES string of the molecule is CC(C)(C)OC(=O)N1CCC=C(c2ncc([N+](=O)[O-])cc2F)C1. The molecular weight excluding hydrogens is 305 g/mol. The molecule has 0 bridgehead atoms. The van der Waals surface area contributed by atoms with Crippen molar-refractivity contribution < 1.29 is 18.8 Å². The van der Waals surface area contributed by atoms with Crippen LogP contribution in [0.25, 0.3) is 5.57 Å². The van der Waals surface area contributed by atoms with Gasteiger partial charge in [0, 0.05) is 6.54 Å². The van der Waals surface area contributed by atoms with E-state index in [1.165, 1.54) is 4.90 Å². The Morgan fingerprint density at radius 1 is 1.48 bits per heavy atom. The fourth-order valence-corrected chi connectivity index (χ4v) is 2.16. The van der Waals surface area contributed by atoms with E-state index in [1.54, 1.807) is 26.8 Å². The molecule has 0 aromatic carbocycles. The molecule has 1 amide bonds. The van der Waals surface area contributed by atoms with Crippen LogP contribution in [0.1, 0.15) is 32.9 Å². The third kappa shape index (κ3) is 4.24. The maximum atomic E-state index is 14.1. The van der Waals surface area contributed by atoms with Crippen molar-refractivity contribution in [2.75, 3.05) is 13.1 Å². The Morgan fingerprint density at radius 2 is 2.17 bits per heavy atom. The first kappa shape index (κ1) is 16.9. The second kappa shape index (κ2) is 6.31. The first-order valence-electron chi connectivity index (χ1n) is 7.14. The highest BCUT2D eigenvalue weighted by Crippen LogP contribution is 2.25. The number of nitrogens with zero attached hydrogens (tertiary/aromatic N) is 3. The Bertz CT molecular complexity index is 667. The van der Waals surface area contributed by atoms with Crippen molar-refractivity contribution in [3.8, 4) is 0 Å². The largest absolute Gasteiger partial charge is 0.444 e. The fourth-order valence-electron chi connectivity index (χ4n) is 2.16. The molecule has 0 saturated heterocycles. The number of ether oxygens (including phenoxy) is 1. The summed E-state index contributed by atoms with van der Waals surface area (Å²) in [5, 5.41) is 10.6. The molecule has 0 unspecified atom stereocenters. The highest BCUT2D eigenvalue weighted by Gasteiger charge is 2.26. The van der Waals surface area contributed by atoms with Crippen LogP contribution in [0.15, 0.2) is 18.3 Å². The van der Waals surface area contributed by atoms with Gasteiger partial charge in [-0.25, -0.2) is 14.2 Å². The molecule has 0 saturated carbocycles. The van der Waals surface area contributed by atoms with E-state index in [0.717, 1.165) is 12.3 Å². The average Bonchev–Trinajstić information content (AvgIpc) is 2.45. The zero-order chi connectivity index (χ0) is 17.2. The van der Waals surface area contributed by atoms with Gasteiger partial charge in [0.2, 0.25) is 0 Å². The Balaban J connectivity index is 2.17. The first-order valence-corrected chi connectivity index (χ1v) is 7.14. The van der Waals surface area contributed by atoms with E-state index in [2.05, 4.69) is 4.98 Å². The first-order chi connectivity index (χ1) is 10.7. The van der Waals surface area contributed by atoms with Gasteiger partial charge in [-0.3, -0.25) is 10.1 Å². The van der Waals surface area contributed by atoms with Crippen molar-refractivity contribution in [1.29, 1.82) is 0 Å². The average molecular weight is 323 g/mol. The van der Waals surface area contributed by atoms with Gasteiger partial charge in [-0.1, -0.05) is 6.08 Å². The molecule has 2 heterocycles. The lowest BCUT2D eigenvalue weighted by molar-refractivity contribution is -0.385. The van der Waals surface area contributed by atoms with Gasteiger partial charge in [-0.05, 0) is 32.8 Å². The lowest BCUT2D eigenvalue weighted by Gasteiger charge is -2.30. The van der Waals surface area contributed by atoms with Crippen LogP contribution < -0.4 is 0 Å². The van der Waals surface area contributed by atoms with Crippen molar-refractivity contribution in [1.82, 2.24) is 9.88 Å². The van der Waals surface area contributed by atoms with Crippen molar-refractivity contribution in [2.45, 2.75) is 32.8 Å². The number of carbonyl (C=O) groups excluding carboxylic acids is 1. The Hall–Kier alpha value is -2.51. The summed E-state index contributed by atoms with van der Waals surface area (Å²) in [5.41, 5.74) is -0.500. The molecule has 0 aliphatic carbocycles. The zero-order valence-electron chi connectivity index (χ0n) is 13.2. The molecule has 7 nitrogen and oxygen atoms in total. The normalized spacial score (nSPS) is 15.1. The van der Waals surface area contributed by atoms with Crippen LogP contribution in [-0.4, -0.2) is 39.6 Å². The van der Waals surface area contributed by atoms with E-state index >= 15 is 0 Å². The number of hydrogen-bond donors (Lipinski definition) is 0. The number of rotatable bonds is 2. The molecule has 1 aromatic heterocycles. The van der Waals surface area contributed by atoms with Crippen molar-refractivity contribution in [3.63, 3.8) is 0 Å². The molecule has 0 atom stereocenters. The smallest absolute Gasteiger partial charge is 0.410 e. The lowest BCUT2D eigenvalue weighted by Crippen LogP contribution is -2.39. The number of nitro groups is 1. The Kier molecular flexibility index (Phi) is 4.63. The van der Waals surface area contributed by atoms with E-state index in [-0.39, 0.29) is 12.2 Å². The predicted octanol–water partition coefficient (Wildman–Crippen LogP) is 3.15. The van der Waals surface area contributed by atoms with E-state index < -0.39 is 28.1 Å². The quantitative estimate of drug-likeness (QED) is 0.616. The monoisotopic (exact) mass is 323 g/mol. The van der Waals surface area contributed by atoms with E-state index in [0.29, 0.717) is 18.5 Å². The highest BCUT2D eigenvalue weighted by molar-refractivity contribution is 5.74. The van der Waals surface area contributed by atoms with Crippen LogP contribution in [0.5, 0.6) is 0 Å². The summed E-state index contributed by atoms with van der Waals surface area (Å²) in [5.74, 6) is -0.781. The van der Waals surface area contributed by atoms with Gasteiger partial charge in [0.05, 0.1) is 17.5 Å². The topological polar surface area (TPSA) is 85.6 Å². The minimum Gasteiger partial charge on any atom is -0.444 e. The minimum absolute atomic E-state index is 0.0175. The summed E-state index contributed by atoms with van der Waals surface area (Å²) in [6.45, 7) is 5.92. The van der Waals surface area contributed by atoms with Gasteiger partial charge >= 0.3 is 6.09 Å². The number of halogens is 1. The van der Waals surface area contributed by atoms with Gasteiger partial charge in [0.1, 0.15) is 17.5 Å². The summed E-state index contributed by atoms with van der Waals surface area (Å²) >= 11 is 0. The molecule has 1 aromatic rings. The summed E-state index contributed by atoms with van der Waals surface area (Å²) < 4.78 is 19.4. The summed E-state index contributed by atoms with van der Waals surface area (Å²) in [4.78, 5) is 27.3. The van der Waals surface area contributed by atoms with Gasteiger partial charge < -0.3 is 9.64 Å². The number of hydrogen-bond acceptors (Lipinski definition) is 5. The number of aromatic nitrogens is 1. The molecule has 23 heavy (non-hydrogen) atoms.